The highest BCUT2D eigenvalue weighted by Gasteiger charge is 2.38. The Balaban J connectivity index is 2.22. The third-order valence-electron chi connectivity index (χ3n) is 7.20. The molecule has 6 amide bonds. The Morgan fingerprint density at radius 3 is 2.19 bits per heavy atom. The maximum absolute atomic E-state index is 13.6. The lowest BCUT2D eigenvalue weighted by molar-refractivity contribution is -0.141. The number of hydrogen-bond acceptors (Lipinski definition) is 8. The zero-order chi connectivity index (χ0) is 32.1. The van der Waals surface area contributed by atoms with E-state index in [9.17, 15) is 28.8 Å². The molecule has 1 aromatic carbocycles. The van der Waals surface area contributed by atoms with E-state index in [4.69, 9.17) is 11.5 Å². The molecule has 0 saturated carbocycles. The highest BCUT2D eigenvalue weighted by molar-refractivity contribution is 7.98. The number of thioether (sulfide) groups is 1. The van der Waals surface area contributed by atoms with Crippen molar-refractivity contribution in [3.05, 3.63) is 35.9 Å². The molecular formula is C29H45N7O6S. The van der Waals surface area contributed by atoms with Crippen LogP contribution in [-0.2, 0) is 35.2 Å². The first-order valence-corrected chi connectivity index (χ1v) is 15.8. The molecule has 1 aromatic rings. The minimum absolute atomic E-state index is 0.141. The van der Waals surface area contributed by atoms with Crippen molar-refractivity contribution in [1.29, 1.82) is 0 Å². The van der Waals surface area contributed by atoms with Crippen LogP contribution in [0.15, 0.2) is 30.3 Å². The van der Waals surface area contributed by atoms with E-state index in [1.165, 1.54) is 23.6 Å². The van der Waals surface area contributed by atoms with Gasteiger partial charge in [0.2, 0.25) is 35.4 Å². The Morgan fingerprint density at radius 1 is 0.953 bits per heavy atom. The molecule has 1 aliphatic heterocycles. The van der Waals surface area contributed by atoms with Crippen LogP contribution in [0, 0.1) is 5.92 Å². The van der Waals surface area contributed by atoms with Gasteiger partial charge in [0.1, 0.15) is 30.2 Å². The number of nitrogens with one attached hydrogen (secondary N) is 4. The molecule has 8 N–H and O–H groups in total. The molecule has 0 spiro atoms. The monoisotopic (exact) mass is 619 g/mol. The van der Waals surface area contributed by atoms with Gasteiger partial charge in [0.15, 0.2) is 0 Å². The number of nitrogens with two attached hydrogens (primary N) is 2. The Hall–Kier alpha value is -3.65. The molecule has 238 valence electrons. The Kier molecular flexibility index (Phi) is 14.4. The number of nitrogens with zero attached hydrogens (tertiary/aromatic N) is 1. The average molecular weight is 620 g/mol. The van der Waals surface area contributed by atoms with Gasteiger partial charge in [0.05, 0.1) is 6.54 Å². The zero-order valence-corrected chi connectivity index (χ0v) is 26.1. The summed E-state index contributed by atoms with van der Waals surface area (Å²) in [6.45, 7) is 5.09. The molecule has 13 nitrogen and oxygen atoms in total. The van der Waals surface area contributed by atoms with Crippen LogP contribution in [0.25, 0.3) is 0 Å². The van der Waals surface area contributed by atoms with E-state index < -0.39 is 65.7 Å². The molecule has 2 rings (SSSR count). The zero-order valence-electron chi connectivity index (χ0n) is 25.3. The third-order valence-corrected chi connectivity index (χ3v) is 7.85. The maximum atomic E-state index is 13.6. The fraction of sp³-hybridized carbons (Fsp3) is 0.586. The summed E-state index contributed by atoms with van der Waals surface area (Å²) in [6, 6.07) is 4.42. The van der Waals surface area contributed by atoms with Gasteiger partial charge in [-0.15, -0.1) is 0 Å². The maximum Gasteiger partial charge on any atom is 0.245 e. The molecular weight excluding hydrogens is 574 g/mol. The highest BCUT2D eigenvalue weighted by Crippen LogP contribution is 2.19. The molecule has 0 unspecified atom stereocenters. The lowest BCUT2D eigenvalue weighted by atomic mass is 10.0. The van der Waals surface area contributed by atoms with Gasteiger partial charge in [-0.3, -0.25) is 28.8 Å². The van der Waals surface area contributed by atoms with E-state index in [0.29, 0.717) is 25.1 Å². The summed E-state index contributed by atoms with van der Waals surface area (Å²) in [6.07, 6.45) is 3.27. The molecule has 5 atom stereocenters. The van der Waals surface area contributed by atoms with E-state index in [2.05, 4.69) is 21.3 Å². The van der Waals surface area contributed by atoms with Gasteiger partial charge in [0.25, 0.3) is 0 Å². The first kappa shape index (κ1) is 35.5. The molecule has 0 radical (unpaired) electrons. The third kappa shape index (κ3) is 10.8. The number of carbonyl (C=O) groups is 6. The number of likely N-dealkylation sites (tertiary alicyclic amines) is 1. The molecule has 0 aliphatic carbocycles. The summed E-state index contributed by atoms with van der Waals surface area (Å²) in [5, 5.41) is 10.7. The summed E-state index contributed by atoms with van der Waals surface area (Å²) in [4.78, 5) is 78.4. The van der Waals surface area contributed by atoms with Crippen molar-refractivity contribution in [2.24, 2.45) is 17.4 Å². The minimum atomic E-state index is -1.05. The van der Waals surface area contributed by atoms with E-state index in [-0.39, 0.29) is 25.3 Å². The van der Waals surface area contributed by atoms with Crippen LogP contribution in [-0.4, -0.2) is 95.7 Å². The second kappa shape index (κ2) is 17.5. The fourth-order valence-corrected chi connectivity index (χ4v) is 5.31. The van der Waals surface area contributed by atoms with Crippen LogP contribution in [0.5, 0.6) is 0 Å². The minimum Gasteiger partial charge on any atom is -0.368 e. The van der Waals surface area contributed by atoms with Crippen LogP contribution >= 0.6 is 11.8 Å². The van der Waals surface area contributed by atoms with Crippen LogP contribution in [0.1, 0.15) is 45.6 Å². The SMILES string of the molecule is CSCC[C@H](NC(=O)[C@@H]1CCCN1C(=O)[C@H](C)NC(=O)CN)C(=O)N[C@@H](Cc1ccccc1)C(=O)N[C@H](C(N)=O)C(C)C. The number of hydrogen-bond donors (Lipinski definition) is 6. The standard InChI is InChI=1S/C29H45N7O6S/c1-17(2)24(25(31)38)35-27(40)21(15-19-9-6-5-7-10-19)34-26(39)20(12-14-43-4)33-28(41)22-11-8-13-36(22)29(42)18(3)32-23(37)16-30/h5-7,9-10,17-18,20-22,24H,8,11-16,30H2,1-4H3,(H2,31,38)(H,32,37)(H,33,41)(H,34,39)(H,35,40)/t18-,20-,21-,22-,24-/m0/s1. The summed E-state index contributed by atoms with van der Waals surface area (Å²) in [5.41, 5.74) is 11.6. The van der Waals surface area contributed by atoms with Crippen LogP contribution in [0.2, 0.25) is 0 Å². The first-order valence-electron chi connectivity index (χ1n) is 14.4. The molecule has 0 bridgehead atoms. The quantitative estimate of drug-likeness (QED) is 0.135. The molecule has 0 aromatic heterocycles. The largest absolute Gasteiger partial charge is 0.368 e. The number of carbonyl (C=O) groups excluding carboxylic acids is 6. The Morgan fingerprint density at radius 2 is 1.60 bits per heavy atom. The van der Waals surface area contributed by atoms with E-state index >= 15 is 0 Å². The van der Waals surface area contributed by atoms with Gasteiger partial charge in [-0.2, -0.15) is 11.8 Å². The van der Waals surface area contributed by atoms with Crippen LogP contribution in [0.3, 0.4) is 0 Å². The van der Waals surface area contributed by atoms with Gasteiger partial charge in [-0.1, -0.05) is 44.2 Å². The van der Waals surface area contributed by atoms with Crippen molar-refractivity contribution >= 4 is 47.2 Å². The van der Waals surface area contributed by atoms with Crippen molar-refractivity contribution in [3.63, 3.8) is 0 Å². The topological polar surface area (TPSA) is 206 Å². The number of benzene rings is 1. The molecule has 14 heteroatoms. The van der Waals surface area contributed by atoms with Gasteiger partial charge in [-0.05, 0) is 49.7 Å². The fourth-order valence-electron chi connectivity index (χ4n) is 4.84. The average Bonchev–Trinajstić information content (AvgIpc) is 3.47. The number of primary amides is 1. The summed E-state index contributed by atoms with van der Waals surface area (Å²) < 4.78 is 0. The second-order valence-electron chi connectivity index (χ2n) is 10.9. The van der Waals surface area contributed by atoms with Crippen molar-refractivity contribution in [3.8, 4) is 0 Å². The molecule has 1 aliphatic rings. The smallest absolute Gasteiger partial charge is 0.245 e. The Labute approximate surface area is 257 Å². The first-order chi connectivity index (χ1) is 20.4. The summed E-state index contributed by atoms with van der Waals surface area (Å²) in [5.74, 6) is -2.97. The molecule has 1 saturated heterocycles. The highest BCUT2D eigenvalue weighted by atomic mass is 32.2. The van der Waals surface area contributed by atoms with E-state index in [1.54, 1.807) is 13.8 Å². The number of amides is 6. The van der Waals surface area contributed by atoms with Gasteiger partial charge in [0, 0.05) is 13.0 Å². The lowest BCUT2D eigenvalue weighted by Gasteiger charge is -2.29. The van der Waals surface area contributed by atoms with Gasteiger partial charge in [-0.25, -0.2) is 0 Å². The molecule has 1 heterocycles. The van der Waals surface area contributed by atoms with Crippen LogP contribution in [0.4, 0.5) is 0 Å². The van der Waals surface area contributed by atoms with Crippen LogP contribution < -0.4 is 32.7 Å². The summed E-state index contributed by atoms with van der Waals surface area (Å²) in [7, 11) is 0. The normalized spacial score (nSPS) is 17.3. The van der Waals surface area contributed by atoms with Gasteiger partial charge < -0.3 is 37.6 Å². The summed E-state index contributed by atoms with van der Waals surface area (Å²) >= 11 is 1.49. The lowest BCUT2D eigenvalue weighted by Crippen LogP contribution is -2.59. The number of rotatable bonds is 16. The molecule has 43 heavy (non-hydrogen) atoms. The van der Waals surface area contributed by atoms with Crippen molar-refractivity contribution in [2.45, 2.75) is 76.7 Å². The van der Waals surface area contributed by atoms with Gasteiger partial charge >= 0.3 is 0 Å². The Bertz CT molecular complexity index is 1140. The predicted molar refractivity (Wildman–Crippen MR) is 164 cm³/mol. The van der Waals surface area contributed by atoms with Crippen molar-refractivity contribution in [2.75, 3.05) is 25.1 Å². The predicted octanol–water partition coefficient (Wildman–Crippen LogP) is -0.968. The van der Waals surface area contributed by atoms with Crippen molar-refractivity contribution in [1.82, 2.24) is 26.2 Å². The van der Waals surface area contributed by atoms with E-state index in [1.807, 2.05) is 36.6 Å². The van der Waals surface area contributed by atoms with Crippen molar-refractivity contribution < 1.29 is 28.8 Å². The second-order valence-corrected chi connectivity index (χ2v) is 11.9. The van der Waals surface area contributed by atoms with E-state index in [0.717, 1.165) is 5.56 Å². The molecule has 1 fully saturated rings.